The maximum atomic E-state index is 12.7. The molecule has 3 unspecified atom stereocenters. The van der Waals surface area contributed by atoms with Crippen molar-refractivity contribution in [1.29, 1.82) is 0 Å². The van der Waals surface area contributed by atoms with Gasteiger partial charge < -0.3 is 18.9 Å². The number of para-hydroxylation sites is 1. The first-order valence-corrected chi connectivity index (χ1v) is 16.2. The van der Waals surface area contributed by atoms with E-state index in [2.05, 4.69) is 32.9 Å². The van der Waals surface area contributed by atoms with Gasteiger partial charge in [-0.05, 0) is 43.5 Å². The molecule has 0 aromatic heterocycles. The Morgan fingerprint density at radius 3 is 1.87 bits per heavy atom. The van der Waals surface area contributed by atoms with E-state index in [0.29, 0.717) is 25.6 Å². The molecule has 1 aliphatic heterocycles. The zero-order valence-corrected chi connectivity index (χ0v) is 25.2. The van der Waals surface area contributed by atoms with Crippen LogP contribution in [0.1, 0.15) is 59.3 Å². The van der Waals surface area contributed by atoms with Crippen molar-refractivity contribution in [3.8, 4) is 5.75 Å². The lowest BCUT2D eigenvalue weighted by Gasteiger charge is -2.45. The molecule has 0 bridgehead atoms. The van der Waals surface area contributed by atoms with E-state index in [1.165, 1.54) is 0 Å². The highest BCUT2D eigenvalue weighted by atomic mass is 32.2. The number of unbranched alkanes of at least 4 members (excludes halogenated alkanes) is 3. The quantitative estimate of drug-likeness (QED) is 0.123. The van der Waals surface area contributed by atoms with Crippen LogP contribution in [0, 0.1) is 0 Å². The molecule has 7 nitrogen and oxygen atoms in total. The van der Waals surface area contributed by atoms with Crippen molar-refractivity contribution in [2.45, 2.75) is 94.0 Å². The predicted molar refractivity (Wildman–Crippen MR) is 156 cm³/mol. The molecule has 1 aliphatic rings. The maximum absolute atomic E-state index is 12.7. The molecule has 1 heterocycles. The molecule has 0 amide bonds. The molecule has 2 aromatic rings. The molecule has 216 valence electrons. The Morgan fingerprint density at radius 1 is 0.744 bits per heavy atom. The topological polar surface area (TPSA) is 72.5 Å². The lowest BCUT2D eigenvalue weighted by molar-refractivity contribution is -0.243. The highest BCUT2D eigenvalue weighted by molar-refractivity contribution is 7.99. The summed E-state index contributed by atoms with van der Waals surface area (Å²) in [5.74, 6) is 0.488. The van der Waals surface area contributed by atoms with Crippen molar-refractivity contribution >= 4 is 20.0 Å². The van der Waals surface area contributed by atoms with Gasteiger partial charge in [0.25, 0.3) is 0 Å². The molecule has 2 aromatic carbocycles. The molecule has 6 atom stereocenters. The Labute approximate surface area is 239 Å². The second-order valence-electron chi connectivity index (χ2n) is 9.46. The molecule has 39 heavy (non-hydrogen) atoms. The van der Waals surface area contributed by atoms with Gasteiger partial charge >= 0.3 is 8.25 Å². The summed E-state index contributed by atoms with van der Waals surface area (Å²) in [6, 6.07) is 19.1. The van der Waals surface area contributed by atoms with Crippen LogP contribution in [-0.4, -0.2) is 56.3 Å². The number of thioether (sulfide) groups is 1. The minimum absolute atomic E-state index is 0.0417. The SMILES string of the molecule is CCCCOC1[C@@H](Sc2ccccc2)OC(CO[P+](=O)Oc2ccccc2)[C@@H](OCCCC)[C@@H]1OCCCC. The van der Waals surface area contributed by atoms with Gasteiger partial charge in [-0.2, -0.15) is 0 Å². The molecule has 1 saturated heterocycles. The van der Waals surface area contributed by atoms with Gasteiger partial charge in [0.15, 0.2) is 5.75 Å². The van der Waals surface area contributed by atoms with Crippen LogP contribution in [0.25, 0.3) is 0 Å². The Kier molecular flexibility index (Phi) is 15.4. The first kappa shape index (κ1) is 32.0. The molecular weight excluding hydrogens is 535 g/mol. The second kappa shape index (κ2) is 18.8. The molecule has 9 heteroatoms. The van der Waals surface area contributed by atoms with Gasteiger partial charge in [-0.3, -0.25) is 0 Å². The van der Waals surface area contributed by atoms with E-state index in [4.69, 9.17) is 28.0 Å². The van der Waals surface area contributed by atoms with E-state index in [0.717, 1.165) is 43.4 Å². The van der Waals surface area contributed by atoms with Gasteiger partial charge in [0.05, 0.1) is 0 Å². The zero-order chi connectivity index (χ0) is 27.7. The fourth-order valence-electron chi connectivity index (χ4n) is 4.13. The van der Waals surface area contributed by atoms with Crippen LogP contribution in [0.2, 0.25) is 0 Å². The minimum Gasteiger partial charge on any atom is -0.373 e. The van der Waals surface area contributed by atoms with E-state index in [1.807, 2.05) is 36.4 Å². The summed E-state index contributed by atoms with van der Waals surface area (Å²) in [7, 11) is -2.39. The van der Waals surface area contributed by atoms with Crippen molar-refractivity contribution in [2.75, 3.05) is 26.4 Å². The summed E-state index contributed by atoms with van der Waals surface area (Å²) in [6.07, 6.45) is 4.23. The monoisotopic (exact) mass is 579 g/mol. The highest BCUT2D eigenvalue weighted by Gasteiger charge is 2.49. The molecule has 0 spiro atoms. The summed E-state index contributed by atoms with van der Waals surface area (Å²) in [4.78, 5) is 1.07. The van der Waals surface area contributed by atoms with Crippen LogP contribution < -0.4 is 4.52 Å². The summed E-state index contributed by atoms with van der Waals surface area (Å²) < 4.78 is 49.9. The van der Waals surface area contributed by atoms with Crippen LogP contribution in [0.15, 0.2) is 65.6 Å². The van der Waals surface area contributed by atoms with Gasteiger partial charge in [-0.25, -0.2) is 4.52 Å². The average molecular weight is 580 g/mol. The number of benzene rings is 2. The lowest BCUT2D eigenvalue weighted by atomic mass is 9.99. The van der Waals surface area contributed by atoms with Crippen molar-refractivity contribution in [2.24, 2.45) is 0 Å². The number of hydrogen-bond donors (Lipinski definition) is 0. The normalized spacial score (nSPS) is 23.5. The summed E-state index contributed by atoms with van der Waals surface area (Å²) in [6.45, 7) is 8.25. The molecule has 0 radical (unpaired) electrons. The molecule has 0 N–H and O–H groups in total. The smallest absolute Gasteiger partial charge is 0.373 e. The van der Waals surface area contributed by atoms with E-state index < -0.39 is 20.5 Å². The van der Waals surface area contributed by atoms with Gasteiger partial charge in [0, 0.05) is 29.3 Å². The third-order valence-electron chi connectivity index (χ3n) is 6.28. The van der Waals surface area contributed by atoms with E-state index in [-0.39, 0.29) is 24.3 Å². The summed E-state index contributed by atoms with van der Waals surface area (Å²) in [5.41, 5.74) is -0.358. The zero-order valence-electron chi connectivity index (χ0n) is 23.4. The van der Waals surface area contributed by atoms with Crippen LogP contribution in [0.3, 0.4) is 0 Å². The largest absolute Gasteiger partial charge is 0.750 e. The van der Waals surface area contributed by atoms with E-state index in [1.54, 1.807) is 23.9 Å². The average Bonchev–Trinajstić information content (AvgIpc) is 2.95. The Bertz CT molecular complexity index is 920. The van der Waals surface area contributed by atoms with Gasteiger partial charge in [-0.1, -0.05) is 88.2 Å². The predicted octanol–water partition coefficient (Wildman–Crippen LogP) is 7.81. The van der Waals surface area contributed by atoms with Crippen LogP contribution in [-0.2, 0) is 28.0 Å². The Morgan fingerprint density at radius 2 is 1.28 bits per heavy atom. The van der Waals surface area contributed by atoms with Gasteiger partial charge in [-0.15, -0.1) is 4.52 Å². The Hall–Kier alpha value is -1.51. The van der Waals surface area contributed by atoms with Crippen LogP contribution in [0.5, 0.6) is 5.75 Å². The Balaban J connectivity index is 1.82. The number of hydrogen-bond acceptors (Lipinski definition) is 8. The van der Waals surface area contributed by atoms with Crippen molar-refractivity contribution in [3.05, 3.63) is 60.7 Å². The van der Waals surface area contributed by atoms with E-state index >= 15 is 0 Å². The minimum atomic E-state index is -2.39. The van der Waals surface area contributed by atoms with Crippen LogP contribution >= 0.6 is 20.0 Å². The fraction of sp³-hybridized carbons (Fsp3) is 0.600. The number of ether oxygens (including phenoxy) is 4. The first-order chi connectivity index (χ1) is 19.2. The molecule has 1 fully saturated rings. The standard InChI is InChI=1S/C30H44O7PS/c1-4-7-20-32-27-26(23-35-38(31)37-24-16-12-10-13-17-24)36-30(39-25-18-14-11-15-19-25)29(34-22-9-6-3)28(27)33-21-8-5-2/h10-19,26-30H,4-9,20-23H2,1-3H3/q+1/t26?,27-,28+,29?,30-/m1/s1. The highest BCUT2D eigenvalue weighted by Crippen LogP contribution is 2.38. The van der Waals surface area contributed by atoms with Gasteiger partial charge in [0.1, 0.15) is 36.5 Å². The second-order valence-corrected chi connectivity index (χ2v) is 11.5. The first-order valence-electron chi connectivity index (χ1n) is 14.2. The van der Waals surface area contributed by atoms with Crippen LogP contribution in [0.4, 0.5) is 0 Å². The third-order valence-corrected chi connectivity index (χ3v) is 8.15. The summed E-state index contributed by atoms with van der Waals surface area (Å²) in [5, 5.41) is 0. The summed E-state index contributed by atoms with van der Waals surface area (Å²) >= 11 is 1.60. The number of rotatable bonds is 19. The molecular formula is C30H44O7PS+. The van der Waals surface area contributed by atoms with Crippen molar-refractivity contribution < 1.29 is 32.6 Å². The van der Waals surface area contributed by atoms with Crippen molar-refractivity contribution in [1.82, 2.24) is 0 Å². The third kappa shape index (κ3) is 11.1. The maximum Gasteiger partial charge on any atom is 0.750 e. The molecule has 0 aliphatic carbocycles. The van der Waals surface area contributed by atoms with Crippen molar-refractivity contribution in [3.63, 3.8) is 0 Å². The fourth-order valence-corrected chi connectivity index (χ4v) is 5.89. The molecule has 0 saturated carbocycles. The van der Waals surface area contributed by atoms with Gasteiger partial charge in [0.2, 0.25) is 0 Å². The lowest BCUT2D eigenvalue weighted by Crippen LogP contribution is -2.60. The molecule has 3 rings (SSSR count). The van der Waals surface area contributed by atoms with E-state index in [9.17, 15) is 4.57 Å².